The van der Waals surface area contributed by atoms with E-state index in [-0.39, 0.29) is 12.3 Å². The molecule has 0 spiro atoms. The summed E-state index contributed by atoms with van der Waals surface area (Å²) in [6.07, 6.45) is 1.56. The largest absolute Gasteiger partial charge is 0.480 e. The zero-order valence-corrected chi connectivity index (χ0v) is 12.0. The Balaban J connectivity index is 2.58. The number of nitrogens with two attached hydrogens (primary N) is 1. The van der Waals surface area contributed by atoms with Gasteiger partial charge in [-0.1, -0.05) is 26.0 Å². The number of aryl methyl sites for hydroxylation is 1. The van der Waals surface area contributed by atoms with Gasteiger partial charge in [0.25, 0.3) is 0 Å². The molecule has 0 heterocycles. The summed E-state index contributed by atoms with van der Waals surface area (Å²) in [6.45, 7) is 3.52. The molecule has 5 heteroatoms. The highest BCUT2D eigenvalue weighted by molar-refractivity contribution is 5.87. The van der Waals surface area contributed by atoms with Gasteiger partial charge in [-0.05, 0) is 37.0 Å². The number of carboxylic acid groups (broad SMARTS) is 1. The average molecular weight is 278 g/mol. The highest BCUT2D eigenvalue weighted by Crippen LogP contribution is 2.16. The first-order valence-electron chi connectivity index (χ1n) is 6.82. The topological polar surface area (TPSA) is 92.4 Å². The molecule has 1 amide bonds. The van der Waals surface area contributed by atoms with Crippen molar-refractivity contribution in [3.05, 3.63) is 29.8 Å². The lowest BCUT2D eigenvalue weighted by Gasteiger charge is -2.28. The van der Waals surface area contributed by atoms with Gasteiger partial charge in [-0.15, -0.1) is 0 Å². The van der Waals surface area contributed by atoms with Gasteiger partial charge in [0.2, 0.25) is 5.91 Å². The zero-order chi connectivity index (χ0) is 15.2. The van der Waals surface area contributed by atoms with Gasteiger partial charge < -0.3 is 16.2 Å². The lowest BCUT2D eigenvalue weighted by Crippen LogP contribution is -2.53. The van der Waals surface area contributed by atoms with Crippen molar-refractivity contribution < 1.29 is 14.7 Å². The maximum atomic E-state index is 11.9. The van der Waals surface area contributed by atoms with E-state index in [1.807, 2.05) is 12.1 Å². The first kappa shape index (κ1) is 16.0. The van der Waals surface area contributed by atoms with Crippen LogP contribution in [0.1, 0.15) is 38.7 Å². The molecule has 0 bridgehead atoms. The van der Waals surface area contributed by atoms with E-state index in [0.717, 1.165) is 5.56 Å². The molecular formula is C15H22N2O3. The quantitative estimate of drug-likeness (QED) is 0.665. The van der Waals surface area contributed by atoms with Gasteiger partial charge in [-0.3, -0.25) is 4.79 Å². The van der Waals surface area contributed by atoms with Crippen LogP contribution in [0.4, 0.5) is 5.69 Å². The Morgan fingerprint density at radius 2 is 1.75 bits per heavy atom. The van der Waals surface area contributed by atoms with Gasteiger partial charge in [0.15, 0.2) is 0 Å². The predicted octanol–water partition coefficient (Wildman–Crippen LogP) is 1.96. The van der Waals surface area contributed by atoms with Crippen molar-refractivity contribution >= 4 is 17.6 Å². The molecule has 0 aromatic heterocycles. The van der Waals surface area contributed by atoms with Crippen LogP contribution in [0, 0.1) is 0 Å². The van der Waals surface area contributed by atoms with Crippen LogP contribution in [0.2, 0.25) is 0 Å². The monoisotopic (exact) mass is 278 g/mol. The molecule has 0 saturated heterocycles. The number of carbonyl (C=O) groups is 2. The van der Waals surface area contributed by atoms with Gasteiger partial charge in [0.05, 0.1) is 0 Å². The number of nitrogen functional groups attached to an aromatic ring is 1. The number of aliphatic carboxylic acids is 1. The standard InChI is InChI=1S/C15H22N2O3/c1-3-15(4-2,14(19)20)17-13(18)10-7-11-5-8-12(16)9-6-11/h5-6,8-9H,3-4,7,10,16H2,1-2H3,(H,17,18)(H,19,20). The molecule has 0 aliphatic heterocycles. The fourth-order valence-corrected chi connectivity index (χ4v) is 2.05. The fraction of sp³-hybridized carbons (Fsp3) is 0.467. The summed E-state index contributed by atoms with van der Waals surface area (Å²) in [5.41, 5.74) is 6.12. The summed E-state index contributed by atoms with van der Waals surface area (Å²) >= 11 is 0. The summed E-state index contributed by atoms with van der Waals surface area (Å²) in [4.78, 5) is 23.2. The van der Waals surface area contributed by atoms with Crippen molar-refractivity contribution in [3.8, 4) is 0 Å². The van der Waals surface area contributed by atoms with Gasteiger partial charge in [-0.2, -0.15) is 0 Å². The average Bonchev–Trinajstić information content (AvgIpc) is 2.44. The van der Waals surface area contributed by atoms with E-state index < -0.39 is 11.5 Å². The molecule has 1 rings (SSSR count). The van der Waals surface area contributed by atoms with E-state index in [1.54, 1.807) is 26.0 Å². The Morgan fingerprint density at radius 1 is 1.20 bits per heavy atom. The second-order valence-corrected chi connectivity index (χ2v) is 4.88. The summed E-state index contributed by atoms with van der Waals surface area (Å²) < 4.78 is 0. The van der Waals surface area contributed by atoms with Crippen molar-refractivity contribution in [2.24, 2.45) is 0 Å². The van der Waals surface area contributed by atoms with Crippen LogP contribution in [0.25, 0.3) is 0 Å². The summed E-state index contributed by atoms with van der Waals surface area (Å²) in [5, 5.41) is 11.9. The Hall–Kier alpha value is -2.04. The SMILES string of the molecule is CCC(CC)(NC(=O)CCc1ccc(N)cc1)C(=O)O. The molecule has 0 saturated carbocycles. The van der Waals surface area contributed by atoms with Crippen molar-refractivity contribution in [2.75, 3.05) is 5.73 Å². The maximum absolute atomic E-state index is 11.9. The molecule has 20 heavy (non-hydrogen) atoms. The minimum Gasteiger partial charge on any atom is -0.480 e. The number of carbonyl (C=O) groups excluding carboxylic acids is 1. The summed E-state index contributed by atoms with van der Waals surface area (Å²) in [7, 11) is 0. The van der Waals surface area contributed by atoms with Gasteiger partial charge >= 0.3 is 5.97 Å². The van der Waals surface area contributed by atoms with Crippen LogP contribution in [0.5, 0.6) is 0 Å². The number of nitrogens with one attached hydrogen (secondary N) is 1. The van der Waals surface area contributed by atoms with Crippen molar-refractivity contribution in [2.45, 2.75) is 45.1 Å². The number of rotatable bonds is 7. The normalized spacial score (nSPS) is 11.1. The third-order valence-corrected chi connectivity index (χ3v) is 3.62. The molecule has 0 aliphatic carbocycles. The van der Waals surface area contributed by atoms with E-state index in [2.05, 4.69) is 5.32 Å². The van der Waals surface area contributed by atoms with E-state index in [0.29, 0.717) is 24.9 Å². The molecule has 0 aliphatic rings. The van der Waals surface area contributed by atoms with Crippen molar-refractivity contribution in [3.63, 3.8) is 0 Å². The zero-order valence-electron chi connectivity index (χ0n) is 12.0. The third-order valence-electron chi connectivity index (χ3n) is 3.62. The molecule has 110 valence electrons. The Bertz CT molecular complexity index is 465. The van der Waals surface area contributed by atoms with E-state index in [9.17, 15) is 14.7 Å². The van der Waals surface area contributed by atoms with E-state index >= 15 is 0 Å². The number of anilines is 1. The van der Waals surface area contributed by atoms with Gasteiger partial charge in [0.1, 0.15) is 5.54 Å². The second kappa shape index (κ2) is 6.93. The number of carboxylic acids is 1. The summed E-state index contributed by atoms with van der Waals surface area (Å²) in [6, 6.07) is 7.30. The molecule has 4 N–H and O–H groups in total. The molecule has 1 aromatic rings. The molecule has 5 nitrogen and oxygen atoms in total. The Morgan fingerprint density at radius 3 is 2.20 bits per heavy atom. The lowest BCUT2D eigenvalue weighted by atomic mass is 9.92. The Kier molecular flexibility index (Phi) is 5.55. The van der Waals surface area contributed by atoms with Crippen LogP contribution < -0.4 is 11.1 Å². The first-order chi connectivity index (χ1) is 9.43. The van der Waals surface area contributed by atoms with E-state index in [4.69, 9.17) is 5.73 Å². The van der Waals surface area contributed by atoms with Crippen LogP contribution in [0.15, 0.2) is 24.3 Å². The Labute approximate surface area is 119 Å². The number of hydrogen-bond acceptors (Lipinski definition) is 3. The highest BCUT2D eigenvalue weighted by atomic mass is 16.4. The maximum Gasteiger partial charge on any atom is 0.329 e. The van der Waals surface area contributed by atoms with Crippen LogP contribution in [0.3, 0.4) is 0 Å². The van der Waals surface area contributed by atoms with Crippen LogP contribution in [-0.4, -0.2) is 22.5 Å². The van der Waals surface area contributed by atoms with Crippen LogP contribution >= 0.6 is 0 Å². The molecular weight excluding hydrogens is 256 g/mol. The van der Waals surface area contributed by atoms with Gasteiger partial charge in [0, 0.05) is 12.1 Å². The third kappa shape index (κ3) is 3.98. The molecule has 0 radical (unpaired) electrons. The molecule has 0 fully saturated rings. The minimum absolute atomic E-state index is 0.243. The number of benzene rings is 1. The first-order valence-corrected chi connectivity index (χ1v) is 6.82. The smallest absolute Gasteiger partial charge is 0.329 e. The van der Waals surface area contributed by atoms with Gasteiger partial charge in [-0.25, -0.2) is 4.79 Å². The lowest BCUT2D eigenvalue weighted by molar-refractivity contribution is -0.148. The molecule has 0 atom stereocenters. The molecule has 0 unspecified atom stereocenters. The number of amides is 1. The molecule has 1 aromatic carbocycles. The van der Waals surface area contributed by atoms with Crippen molar-refractivity contribution in [1.82, 2.24) is 5.32 Å². The second-order valence-electron chi connectivity index (χ2n) is 4.88. The van der Waals surface area contributed by atoms with E-state index in [1.165, 1.54) is 0 Å². The fourth-order valence-electron chi connectivity index (χ4n) is 2.05. The highest BCUT2D eigenvalue weighted by Gasteiger charge is 2.36. The van der Waals surface area contributed by atoms with Crippen LogP contribution in [-0.2, 0) is 16.0 Å². The predicted molar refractivity (Wildman–Crippen MR) is 78.3 cm³/mol. The number of hydrogen-bond donors (Lipinski definition) is 3. The minimum atomic E-state index is -1.15. The summed E-state index contributed by atoms with van der Waals surface area (Å²) in [5.74, 6) is -1.23. The van der Waals surface area contributed by atoms with Crippen molar-refractivity contribution in [1.29, 1.82) is 0 Å².